The Labute approximate surface area is 222 Å². The number of likely N-dealkylation sites (N-methyl/N-ethyl adjacent to an activating group) is 2. The number of pyridine rings is 1. The molecular formula is C29H46N4O4. The van der Waals surface area contributed by atoms with Crippen molar-refractivity contribution in [1.82, 2.24) is 20.1 Å². The summed E-state index contributed by atoms with van der Waals surface area (Å²) in [7, 11) is 3.51. The van der Waals surface area contributed by atoms with Crippen molar-refractivity contribution >= 4 is 17.7 Å². The van der Waals surface area contributed by atoms with Crippen LogP contribution in [0.2, 0.25) is 0 Å². The third-order valence-corrected chi connectivity index (χ3v) is 7.24. The van der Waals surface area contributed by atoms with E-state index in [1.165, 1.54) is 0 Å². The number of aryl methyl sites for hydroxylation is 1. The number of nitrogens with zero attached hydrogens (tertiary/aromatic N) is 3. The maximum atomic E-state index is 13.8. The van der Waals surface area contributed by atoms with E-state index >= 15 is 0 Å². The summed E-state index contributed by atoms with van der Waals surface area (Å²) in [6, 6.07) is 0.619. The quantitative estimate of drug-likeness (QED) is 0.619. The Morgan fingerprint density at radius 1 is 1.03 bits per heavy atom. The second-order valence-electron chi connectivity index (χ2n) is 11.3. The summed E-state index contributed by atoms with van der Waals surface area (Å²) in [5.41, 5.74) is 1.81. The Morgan fingerprint density at radius 3 is 2.38 bits per heavy atom. The minimum Gasteiger partial charge on any atom is -0.474 e. The van der Waals surface area contributed by atoms with Gasteiger partial charge in [-0.3, -0.25) is 14.4 Å². The SMILES string of the molecule is Cc1cnc(OC2CC2)c(CC2C(=O)N(C)CCCCCCCCC(=O)NC(CC(C)C)C(=O)N2C)c1. The monoisotopic (exact) mass is 514 g/mol. The maximum absolute atomic E-state index is 13.8. The Bertz CT molecular complexity index is 930. The van der Waals surface area contributed by atoms with Gasteiger partial charge < -0.3 is 19.9 Å². The lowest BCUT2D eigenvalue weighted by Crippen LogP contribution is -2.55. The van der Waals surface area contributed by atoms with Crippen molar-refractivity contribution in [2.75, 3.05) is 20.6 Å². The van der Waals surface area contributed by atoms with Crippen molar-refractivity contribution < 1.29 is 19.1 Å². The van der Waals surface area contributed by atoms with Gasteiger partial charge in [0.15, 0.2) is 0 Å². The average molecular weight is 515 g/mol. The van der Waals surface area contributed by atoms with Crippen molar-refractivity contribution in [1.29, 1.82) is 0 Å². The van der Waals surface area contributed by atoms with E-state index in [4.69, 9.17) is 4.74 Å². The molecule has 1 N–H and O–H groups in total. The summed E-state index contributed by atoms with van der Waals surface area (Å²) < 4.78 is 6.06. The fraction of sp³-hybridized carbons (Fsp3) is 0.724. The first-order valence-corrected chi connectivity index (χ1v) is 14.1. The van der Waals surface area contributed by atoms with E-state index in [0.717, 1.165) is 62.5 Å². The van der Waals surface area contributed by atoms with Crippen LogP contribution in [0.1, 0.15) is 89.2 Å². The normalized spacial score (nSPS) is 23.4. The predicted octanol–water partition coefficient (Wildman–Crippen LogP) is 4.03. The van der Waals surface area contributed by atoms with Crippen LogP contribution in [0.4, 0.5) is 0 Å². The molecule has 0 spiro atoms. The molecule has 0 radical (unpaired) electrons. The van der Waals surface area contributed by atoms with Gasteiger partial charge in [-0.25, -0.2) is 4.98 Å². The molecule has 206 valence electrons. The van der Waals surface area contributed by atoms with E-state index in [9.17, 15) is 14.4 Å². The van der Waals surface area contributed by atoms with Crippen LogP contribution >= 0.6 is 0 Å². The van der Waals surface area contributed by atoms with Crippen LogP contribution in [-0.2, 0) is 20.8 Å². The summed E-state index contributed by atoms with van der Waals surface area (Å²) in [4.78, 5) is 48.1. The summed E-state index contributed by atoms with van der Waals surface area (Å²) >= 11 is 0. The van der Waals surface area contributed by atoms with Gasteiger partial charge in [0.1, 0.15) is 18.2 Å². The summed E-state index contributed by atoms with van der Waals surface area (Å²) in [6.07, 6.45) is 11.2. The molecule has 1 saturated heterocycles. The van der Waals surface area contributed by atoms with Gasteiger partial charge in [-0.2, -0.15) is 0 Å². The first-order valence-electron chi connectivity index (χ1n) is 14.1. The number of hydrogen-bond donors (Lipinski definition) is 1. The second kappa shape index (κ2) is 13.8. The third-order valence-electron chi connectivity index (χ3n) is 7.24. The minimum atomic E-state index is -0.720. The highest BCUT2D eigenvalue weighted by molar-refractivity contribution is 5.92. The van der Waals surface area contributed by atoms with Crippen LogP contribution < -0.4 is 10.1 Å². The first kappa shape index (κ1) is 28.9. The zero-order chi connectivity index (χ0) is 26.9. The molecule has 0 aromatic carbocycles. The number of amides is 3. The lowest BCUT2D eigenvalue weighted by molar-refractivity contribution is -0.145. The molecule has 1 aliphatic heterocycles. The van der Waals surface area contributed by atoms with E-state index in [0.29, 0.717) is 31.7 Å². The molecule has 1 aromatic rings. The maximum Gasteiger partial charge on any atom is 0.245 e. The van der Waals surface area contributed by atoms with E-state index in [1.54, 1.807) is 23.0 Å². The van der Waals surface area contributed by atoms with Gasteiger partial charge in [-0.1, -0.05) is 39.5 Å². The van der Waals surface area contributed by atoms with Crippen LogP contribution in [-0.4, -0.2) is 71.3 Å². The minimum absolute atomic E-state index is 0.0949. The molecule has 1 aliphatic carbocycles. The molecule has 37 heavy (non-hydrogen) atoms. The zero-order valence-electron chi connectivity index (χ0n) is 23.4. The van der Waals surface area contributed by atoms with Gasteiger partial charge in [0.05, 0.1) is 0 Å². The van der Waals surface area contributed by atoms with Gasteiger partial charge >= 0.3 is 0 Å². The number of carbonyl (C=O) groups excluding carboxylic acids is 3. The molecular weight excluding hydrogens is 468 g/mol. The van der Waals surface area contributed by atoms with Gasteiger partial charge in [-0.15, -0.1) is 0 Å². The Hall–Kier alpha value is -2.64. The largest absolute Gasteiger partial charge is 0.474 e. The molecule has 0 bridgehead atoms. The number of nitrogens with one attached hydrogen (secondary N) is 1. The molecule has 2 atom stereocenters. The Morgan fingerprint density at radius 2 is 1.70 bits per heavy atom. The van der Waals surface area contributed by atoms with E-state index in [1.807, 2.05) is 33.9 Å². The van der Waals surface area contributed by atoms with Crippen molar-refractivity contribution in [3.8, 4) is 5.88 Å². The highest BCUT2D eigenvalue weighted by atomic mass is 16.5. The fourth-order valence-electron chi connectivity index (χ4n) is 4.88. The third kappa shape index (κ3) is 9.00. The second-order valence-corrected chi connectivity index (χ2v) is 11.3. The first-order chi connectivity index (χ1) is 17.7. The van der Waals surface area contributed by atoms with Crippen molar-refractivity contribution in [3.05, 3.63) is 23.4 Å². The number of hydrogen-bond acceptors (Lipinski definition) is 5. The average Bonchev–Trinajstić information content (AvgIpc) is 3.67. The molecule has 8 nitrogen and oxygen atoms in total. The molecule has 3 rings (SSSR count). The molecule has 1 aromatic heterocycles. The van der Waals surface area contributed by atoms with Gasteiger partial charge in [0.2, 0.25) is 23.6 Å². The summed E-state index contributed by atoms with van der Waals surface area (Å²) in [5.74, 6) is 0.332. The van der Waals surface area contributed by atoms with E-state index in [-0.39, 0.29) is 29.7 Å². The lowest BCUT2D eigenvalue weighted by atomic mass is 9.99. The van der Waals surface area contributed by atoms with Crippen LogP contribution in [0.3, 0.4) is 0 Å². The smallest absolute Gasteiger partial charge is 0.245 e. The highest BCUT2D eigenvalue weighted by Gasteiger charge is 2.35. The molecule has 1 saturated carbocycles. The van der Waals surface area contributed by atoms with Gasteiger partial charge in [0, 0.05) is 45.2 Å². The standard InChI is InChI=1S/C29H46N4O4/c1-20(2)16-24-28(35)33(5)25(18-22-17-21(3)19-30-27(22)37-23-13-14-23)29(36)32(4)15-11-9-7-6-8-10-12-26(34)31-24/h17,19-20,23-25H,6-16,18H2,1-5H3,(H,31,34). The Kier molecular flexibility index (Phi) is 10.8. The van der Waals surface area contributed by atoms with Crippen LogP contribution in [0.15, 0.2) is 12.3 Å². The van der Waals surface area contributed by atoms with Gasteiger partial charge in [0.25, 0.3) is 0 Å². The van der Waals surface area contributed by atoms with Crippen molar-refractivity contribution in [2.45, 2.75) is 110 Å². The topological polar surface area (TPSA) is 91.8 Å². The number of aromatic nitrogens is 1. The molecule has 2 aliphatic rings. The van der Waals surface area contributed by atoms with E-state index < -0.39 is 12.1 Å². The van der Waals surface area contributed by atoms with Crippen LogP contribution in [0, 0.1) is 12.8 Å². The summed E-state index contributed by atoms with van der Waals surface area (Å²) in [6.45, 7) is 6.69. The van der Waals surface area contributed by atoms with Crippen molar-refractivity contribution in [3.63, 3.8) is 0 Å². The van der Waals surface area contributed by atoms with Gasteiger partial charge in [-0.05, 0) is 56.6 Å². The lowest BCUT2D eigenvalue weighted by Gasteiger charge is -2.34. The number of ether oxygens (including phenoxy) is 1. The molecule has 2 heterocycles. The predicted molar refractivity (Wildman–Crippen MR) is 144 cm³/mol. The molecule has 2 unspecified atom stereocenters. The molecule has 8 heteroatoms. The molecule has 2 fully saturated rings. The van der Waals surface area contributed by atoms with Crippen LogP contribution in [0.5, 0.6) is 5.88 Å². The van der Waals surface area contributed by atoms with E-state index in [2.05, 4.69) is 10.3 Å². The molecule has 3 amide bonds. The number of rotatable bonds is 6. The van der Waals surface area contributed by atoms with Crippen molar-refractivity contribution in [2.24, 2.45) is 5.92 Å². The highest BCUT2D eigenvalue weighted by Crippen LogP contribution is 2.29. The fourth-order valence-corrected chi connectivity index (χ4v) is 4.88. The summed E-state index contributed by atoms with van der Waals surface area (Å²) in [5, 5.41) is 2.98. The Balaban J connectivity index is 1.91. The zero-order valence-corrected chi connectivity index (χ0v) is 23.4. The number of carbonyl (C=O) groups is 3. The van der Waals surface area contributed by atoms with Crippen LogP contribution in [0.25, 0.3) is 0 Å².